The van der Waals surface area contributed by atoms with E-state index in [2.05, 4.69) is 20.6 Å². The van der Waals surface area contributed by atoms with Crippen LogP contribution in [0.15, 0.2) is 27.2 Å². The predicted octanol–water partition coefficient (Wildman–Crippen LogP) is 5.99. The number of aryl methyl sites for hydroxylation is 2. The molecule has 0 bridgehead atoms. The van der Waals surface area contributed by atoms with E-state index in [0.29, 0.717) is 46.8 Å². The SMILES string of the molecule is CSc1cc(C)[nH]c(=O)c1CNC(=O)c1cc(Cl)c2c(c1C)OC(C)(C1CCC(C(=O)Nc3csc(C)n3)CC1)O2. The van der Waals surface area contributed by atoms with Crippen molar-refractivity contribution in [2.24, 2.45) is 11.8 Å². The van der Waals surface area contributed by atoms with Gasteiger partial charge in [0.25, 0.3) is 17.3 Å². The van der Waals surface area contributed by atoms with E-state index in [4.69, 9.17) is 21.1 Å². The number of amides is 2. The molecule has 41 heavy (non-hydrogen) atoms. The van der Waals surface area contributed by atoms with Crippen LogP contribution in [0.5, 0.6) is 11.5 Å². The quantitative estimate of drug-likeness (QED) is 0.279. The Kier molecular flexibility index (Phi) is 8.41. The van der Waals surface area contributed by atoms with Gasteiger partial charge in [-0.05, 0) is 64.8 Å². The number of nitrogens with one attached hydrogen (secondary N) is 3. The van der Waals surface area contributed by atoms with Gasteiger partial charge in [-0.15, -0.1) is 23.1 Å². The van der Waals surface area contributed by atoms with E-state index in [9.17, 15) is 14.4 Å². The number of ether oxygens (including phenoxy) is 2. The highest BCUT2D eigenvalue weighted by Crippen LogP contribution is 2.52. The third kappa shape index (κ3) is 5.98. The van der Waals surface area contributed by atoms with E-state index in [-0.39, 0.29) is 40.8 Å². The molecule has 1 atom stereocenters. The average molecular weight is 617 g/mol. The molecule has 1 aliphatic heterocycles. The van der Waals surface area contributed by atoms with Crippen LogP contribution in [-0.2, 0) is 11.3 Å². The van der Waals surface area contributed by atoms with Gasteiger partial charge in [-0.3, -0.25) is 14.4 Å². The molecule has 2 amide bonds. The number of pyridine rings is 1. The number of thiazole rings is 1. The number of aromatic amines is 1. The third-order valence-corrected chi connectivity index (χ3v) is 9.74. The molecule has 3 aromatic rings. The molecule has 0 spiro atoms. The lowest BCUT2D eigenvalue weighted by Crippen LogP contribution is -2.45. The fourth-order valence-electron chi connectivity index (χ4n) is 5.58. The summed E-state index contributed by atoms with van der Waals surface area (Å²) in [6, 6.07) is 3.47. The van der Waals surface area contributed by atoms with E-state index in [0.717, 1.165) is 28.4 Å². The molecule has 1 fully saturated rings. The van der Waals surface area contributed by atoms with E-state index in [1.165, 1.54) is 23.1 Å². The highest BCUT2D eigenvalue weighted by atomic mass is 35.5. The monoisotopic (exact) mass is 616 g/mol. The van der Waals surface area contributed by atoms with Crippen LogP contribution < -0.4 is 25.7 Å². The first-order chi connectivity index (χ1) is 19.5. The van der Waals surface area contributed by atoms with Crippen molar-refractivity contribution < 1.29 is 19.1 Å². The number of benzene rings is 1. The van der Waals surface area contributed by atoms with Crippen molar-refractivity contribution in [1.82, 2.24) is 15.3 Å². The molecule has 2 aliphatic rings. The van der Waals surface area contributed by atoms with Gasteiger partial charge in [-0.25, -0.2) is 4.98 Å². The van der Waals surface area contributed by atoms with Crippen molar-refractivity contribution in [3.63, 3.8) is 0 Å². The number of nitrogens with zero attached hydrogens (tertiary/aromatic N) is 1. The van der Waals surface area contributed by atoms with Crippen molar-refractivity contribution in [3.05, 3.63) is 60.3 Å². The largest absolute Gasteiger partial charge is 0.448 e. The second-order valence-electron chi connectivity index (χ2n) is 10.7. The molecule has 1 aliphatic carbocycles. The molecule has 1 unspecified atom stereocenters. The molecule has 9 nitrogen and oxygen atoms in total. The fraction of sp³-hybridized carbons (Fsp3) is 0.448. The summed E-state index contributed by atoms with van der Waals surface area (Å²) >= 11 is 9.57. The molecule has 3 heterocycles. The van der Waals surface area contributed by atoms with Crippen molar-refractivity contribution in [2.45, 2.75) is 70.6 Å². The van der Waals surface area contributed by atoms with E-state index >= 15 is 0 Å². The summed E-state index contributed by atoms with van der Waals surface area (Å²) < 4.78 is 12.7. The highest BCUT2D eigenvalue weighted by Gasteiger charge is 2.48. The maximum atomic E-state index is 13.2. The lowest BCUT2D eigenvalue weighted by Gasteiger charge is -2.36. The number of halogens is 1. The Morgan fingerprint density at radius 1 is 1.17 bits per heavy atom. The molecule has 0 saturated heterocycles. The first kappa shape index (κ1) is 29.5. The topological polar surface area (TPSA) is 122 Å². The zero-order valence-corrected chi connectivity index (χ0v) is 26.0. The van der Waals surface area contributed by atoms with Crippen molar-refractivity contribution in [1.29, 1.82) is 0 Å². The molecule has 12 heteroatoms. The summed E-state index contributed by atoms with van der Waals surface area (Å²) in [4.78, 5) is 46.4. The second-order valence-corrected chi connectivity index (χ2v) is 13.0. The number of H-pyrrole nitrogens is 1. The van der Waals surface area contributed by atoms with Gasteiger partial charge in [0.1, 0.15) is 5.82 Å². The zero-order chi connectivity index (χ0) is 29.5. The Hall–Kier alpha value is -3.02. The molecule has 218 valence electrons. The van der Waals surface area contributed by atoms with Crippen LogP contribution in [-0.4, -0.2) is 33.8 Å². The number of aromatic nitrogens is 2. The first-order valence-electron chi connectivity index (χ1n) is 13.5. The van der Waals surface area contributed by atoms with Crippen LogP contribution in [0.25, 0.3) is 0 Å². The summed E-state index contributed by atoms with van der Waals surface area (Å²) in [6.45, 7) is 7.49. The smallest absolute Gasteiger partial charge is 0.254 e. The van der Waals surface area contributed by atoms with Gasteiger partial charge in [0.2, 0.25) is 5.91 Å². The number of hydrogen-bond acceptors (Lipinski definition) is 8. The lowest BCUT2D eigenvalue weighted by molar-refractivity contribution is -0.132. The number of hydrogen-bond donors (Lipinski definition) is 3. The van der Waals surface area contributed by atoms with Gasteiger partial charge in [0.15, 0.2) is 11.5 Å². The summed E-state index contributed by atoms with van der Waals surface area (Å²) in [7, 11) is 0. The number of thioether (sulfide) groups is 1. The maximum absolute atomic E-state index is 13.2. The number of carbonyl (C=O) groups is 2. The van der Waals surface area contributed by atoms with Crippen LogP contribution in [0.1, 0.15) is 64.8 Å². The van der Waals surface area contributed by atoms with Crippen LogP contribution in [0.4, 0.5) is 5.82 Å². The standard InChI is InChI=1S/C29H33ClN4O5S2/c1-14-10-22(40-5)20(28(37)32-14)12-31-27(36)19-11-21(30)25-24(15(19)2)38-29(4,39-25)18-8-6-17(7-9-18)26(35)34-23-13-41-16(3)33-23/h10-11,13,17-18H,6-9,12H2,1-5H3,(H,31,36)(H,32,37)(H,34,35). The van der Waals surface area contributed by atoms with Crippen LogP contribution in [0.2, 0.25) is 5.02 Å². The third-order valence-electron chi connectivity index (χ3n) is 7.88. The Labute approximate surface area is 251 Å². The van der Waals surface area contributed by atoms with Crippen LogP contribution in [0, 0.1) is 32.6 Å². The van der Waals surface area contributed by atoms with Gasteiger partial charge in [0, 0.05) is 58.0 Å². The van der Waals surface area contributed by atoms with E-state index < -0.39 is 5.79 Å². The molecule has 1 saturated carbocycles. The van der Waals surface area contributed by atoms with Crippen LogP contribution in [0.3, 0.4) is 0 Å². The summed E-state index contributed by atoms with van der Waals surface area (Å²) in [6.07, 6.45) is 4.78. The second kappa shape index (κ2) is 11.7. The molecule has 3 N–H and O–H groups in total. The molecule has 5 rings (SSSR count). The molecule has 1 aromatic carbocycles. The van der Waals surface area contributed by atoms with Gasteiger partial charge in [0.05, 0.1) is 10.0 Å². The van der Waals surface area contributed by atoms with Crippen molar-refractivity contribution >= 4 is 52.3 Å². The normalized spacial score (nSPS) is 21.5. The molecular formula is C29H33ClN4O5S2. The minimum atomic E-state index is -0.970. The van der Waals surface area contributed by atoms with E-state index in [1.807, 2.05) is 38.5 Å². The maximum Gasteiger partial charge on any atom is 0.254 e. The van der Waals surface area contributed by atoms with E-state index in [1.54, 1.807) is 13.0 Å². The Morgan fingerprint density at radius 3 is 2.54 bits per heavy atom. The highest BCUT2D eigenvalue weighted by molar-refractivity contribution is 7.98. The number of carbonyl (C=O) groups excluding carboxylic acids is 2. The summed E-state index contributed by atoms with van der Waals surface area (Å²) in [5.74, 6) is 0.0517. The predicted molar refractivity (Wildman–Crippen MR) is 162 cm³/mol. The number of anilines is 1. The fourth-order valence-corrected chi connectivity index (χ4v) is 7.06. The van der Waals surface area contributed by atoms with Gasteiger partial charge >= 0.3 is 0 Å². The molecule has 2 aromatic heterocycles. The van der Waals surface area contributed by atoms with Crippen LogP contribution >= 0.6 is 34.7 Å². The zero-order valence-electron chi connectivity index (χ0n) is 23.6. The lowest BCUT2D eigenvalue weighted by atomic mass is 9.78. The van der Waals surface area contributed by atoms with Gasteiger partial charge in [-0.1, -0.05) is 11.6 Å². The Balaban J connectivity index is 1.25. The van der Waals surface area contributed by atoms with Crippen molar-refractivity contribution in [3.8, 4) is 11.5 Å². The van der Waals surface area contributed by atoms with Crippen molar-refractivity contribution in [2.75, 3.05) is 11.6 Å². The number of fused-ring (bicyclic) bond motifs is 1. The average Bonchev–Trinajstić information content (AvgIpc) is 3.53. The van der Waals surface area contributed by atoms with Gasteiger partial charge < -0.3 is 25.1 Å². The Bertz CT molecular complexity index is 1560. The molecule has 0 radical (unpaired) electrons. The van der Waals surface area contributed by atoms with Gasteiger partial charge in [-0.2, -0.15) is 0 Å². The Morgan fingerprint density at radius 2 is 1.88 bits per heavy atom. The summed E-state index contributed by atoms with van der Waals surface area (Å²) in [5, 5.41) is 8.83. The minimum Gasteiger partial charge on any atom is -0.448 e. The minimum absolute atomic E-state index is 0.0118. The summed E-state index contributed by atoms with van der Waals surface area (Å²) in [5.41, 5.74) is 2.00. The number of rotatable bonds is 7. The molecular weight excluding hydrogens is 584 g/mol. The first-order valence-corrected chi connectivity index (χ1v) is 16.0.